The monoisotopic (exact) mass is 230 g/mol. The predicted octanol–water partition coefficient (Wildman–Crippen LogP) is 2.29. The number of carbonyl (C=O) groups excluding carboxylic acids is 1. The molecule has 0 saturated heterocycles. The Morgan fingerprint density at radius 1 is 1.19 bits per heavy atom. The van der Waals surface area contributed by atoms with Crippen LogP contribution in [-0.2, 0) is 19.0 Å². The number of hydrogen-bond donors (Lipinski definition) is 0. The molecule has 0 amide bonds. The molecular weight excluding hydrogens is 208 g/mol. The van der Waals surface area contributed by atoms with E-state index in [-0.39, 0.29) is 5.97 Å². The molecule has 0 aromatic heterocycles. The Morgan fingerprint density at radius 2 is 1.94 bits per heavy atom. The first-order chi connectivity index (χ1) is 7.81. The van der Waals surface area contributed by atoms with Gasteiger partial charge in [-0.1, -0.05) is 26.3 Å². The summed E-state index contributed by atoms with van der Waals surface area (Å²) >= 11 is 0. The van der Waals surface area contributed by atoms with Gasteiger partial charge in [0.2, 0.25) is 0 Å². The van der Waals surface area contributed by atoms with Gasteiger partial charge in [-0.3, -0.25) is 4.79 Å². The Bertz CT molecular complexity index is 180. The lowest BCUT2D eigenvalue weighted by Gasteiger charge is -2.05. The number of rotatable bonds is 11. The smallest absolute Gasteiger partial charge is 0.305 e. The molecule has 0 radical (unpaired) electrons. The Morgan fingerprint density at radius 3 is 2.62 bits per heavy atom. The molecule has 0 fully saturated rings. The Kier molecular flexibility index (Phi) is 11.3. The Balaban J connectivity index is 3.12. The normalized spacial score (nSPS) is 9.81. The fourth-order valence-corrected chi connectivity index (χ4v) is 1.10. The maximum Gasteiger partial charge on any atom is 0.305 e. The molecule has 0 aliphatic carbocycles. The molecular formula is C12H22O4. The topological polar surface area (TPSA) is 44.8 Å². The second kappa shape index (κ2) is 12.0. The molecule has 0 unspecified atom stereocenters. The number of carbonyl (C=O) groups is 1. The van der Waals surface area contributed by atoms with Gasteiger partial charge in [-0.25, -0.2) is 0 Å². The molecule has 0 atom stereocenters. The van der Waals surface area contributed by atoms with E-state index in [2.05, 4.69) is 13.5 Å². The van der Waals surface area contributed by atoms with E-state index in [4.69, 9.17) is 14.2 Å². The van der Waals surface area contributed by atoms with Crippen molar-refractivity contribution in [1.29, 1.82) is 0 Å². The molecule has 0 aromatic carbocycles. The van der Waals surface area contributed by atoms with Gasteiger partial charge in [-0.15, -0.1) is 0 Å². The van der Waals surface area contributed by atoms with Crippen molar-refractivity contribution >= 4 is 5.97 Å². The predicted molar refractivity (Wildman–Crippen MR) is 62.1 cm³/mol. The van der Waals surface area contributed by atoms with Gasteiger partial charge in [-0.2, -0.15) is 0 Å². The number of ether oxygens (including phenoxy) is 3. The molecule has 0 heterocycles. The fourth-order valence-electron chi connectivity index (χ4n) is 1.10. The molecule has 0 rings (SSSR count). The highest BCUT2D eigenvalue weighted by atomic mass is 16.6. The minimum absolute atomic E-state index is 0.139. The summed E-state index contributed by atoms with van der Waals surface area (Å²) in [5.41, 5.74) is 0. The second-order valence-electron chi connectivity index (χ2n) is 3.33. The standard InChI is InChI=1S/C12H22O4/c1-3-5-6-7-12(13)16-11-10-15-9-8-14-4-2/h4H,2-3,5-11H2,1H3. The summed E-state index contributed by atoms with van der Waals surface area (Å²) in [6.07, 6.45) is 4.97. The van der Waals surface area contributed by atoms with Crippen molar-refractivity contribution in [3.8, 4) is 0 Å². The Labute approximate surface area is 97.6 Å². The Hall–Kier alpha value is -1.03. The minimum atomic E-state index is -0.139. The first-order valence-corrected chi connectivity index (χ1v) is 5.77. The molecule has 0 N–H and O–H groups in total. The molecule has 0 aliphatic heterocycles. The van der Waals surface area contributed by atoms with Crippen LogP contribution in [0.2, 0.25) is 0 Å². The summed E-state index contributed by atoms with van der Waals surface area (Å²) < 4.78 is 15.0. The van der Waals surface area contributed by atoms with E-state index in [1.807, 2.05) is 0 Å². The molecule has 16 heavy (non-hydrogen) atoms. The van der Waals surface area contributed by atoms with Crippen molar-refractivity contribution in [2.75, 3.05) is 26.4 Å². The van der Waals surface area contributed by atoms with Crippen LogP contribution in [0.15, 0.2) is 12.8 Å². The maximum atomic E-state index is 11.1. The third kappa shape index (κ3) is 11.0. The fraction of sp³-hybridized carbons (Fsp3) is 0.750. The van der Waals surface area contributed by atoms with Crippen LogP contribution in [0.1, 0.15) is 32.6 Å². The van der Waals surface area contributed by atoms with Crippen LogP contribution in [0.25, 0.3) is 0 Å². The van der Waals surface area contributed by atoms with Crippen molar-refractivity contribution in [1.82, 2.24) is 0 Å². The lowest BCUT2D eigenvalue weighted by atomic mass is 10.2. The average Bonchev–Trinajstić information content (AvgIpc) is 2.28. The quantitative estimate of drug-likeness (QED) is 0.310. The molecule has 94 valence electrons. The summed E-state index contributed by atoms with van der Waals surface area (Å²) in [5, 5.41) is 0. The van der Waals surface area contributed by atoms with Gasteiger partial charge >= 0.3 is 5.97 Å². The lowest BCUT2D eigenvalue weighted by molar-refractivity contribution is -0.145. The van der Waals surface area contributed by atoms with Crippen LogP contribution in [0, 0.1) is 0 Å². The van der Waals surface area contributed by atoms with Crippen molar-refractivity contribution in [3.63, 3.8) is 0 Å². The van der Waals surface area contributed by atoms with Gasteiger partial charge in [0.1, 0.15) is 13.2 Å². The van der Waals surface area contributed by atoms with E-state index in [1.165, 1.54) is 6.26 Å². The molecule has 4 nitrogen and oxygen atoms in total. The van der Waals surface area contributed by atoms with Gasteiger partial charge < -0.3 is 14.2 Å². The molecule has 0 aromatic rings. The maximum absolute atomic E-state index is 11.1. The third-order valence-corrected chi connectivity index (χ3v) is 1.94. The zero-order valence-electron chi connectivity index (χ0n) is 10.1. The van der Waals surface area contributed by atoms with Crippen molar-refractivity contribution in [2.45, 2.75) is 32.6 Å². The molecule has 0 spiro atoms. The zero-order valence-corrected chi connectivity index (χ0v) is 10.1. The van der Waals surface area contributed by atoms with Crippen LogP contribution >= 0.6 is 0 Å². The minimum Gasteiger partial charge on any atom is -0.499 e. The van der Waals surface area contributed by atoms with Crippen LogP contribution in [0.4, 0.5) is 0 Å². The highest BCUT2D eigenvalue weighted by Crippen LogP contribution is 2.00. The van der Waals surface area contributed by atoms with E-state index in [0.717, 1.165) is 19.3 Å². The molecule has 4 heteroatoms. The highest BCUT2D eigenvalue weighted by Gasteiger charge is 2.01. The van der Waals surface area contributed by atoms with Gasteiger partial charge in [0.25, 0.3) is 0 Å². The molecule has 0 aliphatic rings. The van der Waals surface area contributed by atoms with E-state index >= 15 is 0 Å². The number of esters is 1. The van der Waals surface area contributed by atoms with Crippen LogP contribution < -0.4 is 0 Å². The first-order valence-electron chi connectivity index (χ1n) is 5.77. The van der Waals surface area contributed by atoms with Crippen molar-refractivity contribution in [2.24, 2.45) is 0 Å². The van der Waals surface area contributed by atoms with Crippen molar-refractivity contribution in [3.05, 3.63) is 12.8 Å². The largest absolute Gasteiger partial charge is 0.499 e. The van der Waals surface area contributed by atoms with Crippen LogP contribution in [-0.4, -0.2) is 32.4 Å². The summed E-state index contributed by atoms with van der Waals surface area (Å²) in [4.78, 5) is 11.1. The second-order valence-corrected chi connectivity index (χ2v) is 3.33. The van der Waals surface area contributed by atoms with Gasteiger partial charge in [-0.05, 0) is 6.42 Å². The van der Waals surface area contributed by atoms with Gasteiger partial charge in [0.05, 0.1) is 19.5 Å². The van der Waals surface area contributed by atoms with Gasteiger partial charge in [0.15, 0.2) is 0 Å². The summed E-state index contributed by atoms with van der Waals surface area (Å²) in [5.74, 6) is -0.139. The zero-order chi connectivity index (χ0) is 12.1. The van der Waals surface area contributed by atoms with Crippen LogP contribution in [0.5, 0.6) is 0 Å². The SMILES string of the molecule is C=COCCOCCOC(=O)CCCCC. The summed E-state index contributed by atoms with van der Waals surface area (Å²) in [7, 11) is 0. The van der Waals surface area contributed by atoms with E-state index < -0.39 is 0 Å². The average molecular weight is 230 g/mol. The number of unbranched alkanes of at least 4 members (excludes halogenated alkanes) is 2. The third-order valence-electron chi connectivity index (χ3n) is 1.94. The molecule has 0 saturated carbocycles. The summed E-state index contributed by atoms with van der Waals surface area (Å²) in [6.45, 7) is 7.21. The first kappa shape index (κ1) is 15.0. The van der Waals surface area contributed by atoms with E-state index in [0.29, 0.717) is 32.8 Å². The van der Waals surface area contributed by atoms with Crippen LogP contribution in [0.3, 0.4) is 0 Å². The van der Waals surface area contributed by atoms with E-state index in [9.17, 15) is 4.79 Å². The van der Waals surface area contributed by atoms with E-state index in [1.54, 1.807) is 0 Å². The molecule has 0 bridgehead atoms. The highest BCUT2D eigenvalue weighted by molar-refractivity contribution is 5.69. The lowest BCUT2D eigenvalue weighted by Crippen LogP contribution is -2.12. The summed E-state index contributed by atoms with van der Waals surface area (Å²) in [6, 6.07) is 0. The van der Waals surface area contributed by atoms with Gasteiger partial charge in [0, 0.05) is 6.42 Å². The van der Waals surface area contributed by atoms with Crippen molar-refractivity contribution < 1.29 is 19.0 Å². The number of hydrogen-bond acceptors (Lipinski definition) is 4.